The van der Waals surface area contributed by atoms with Crippen molar-refractivity contribution in [1.82, 2.24) is 20.2 Å². The molecule has 8 nitrogen and oxygen atoms in total. The highest BCUT2D eigenvalue weighted by Crippen LogP contribution is 2.36. The van der Waals surface area contributed by atoms with E-state index in [1.54, 1.807) is 44.2 Å². The number of nitrogens with zero attached hydrogens (tertiary/aromatic N) is 3. The van der Waals surface area contributed by atoms with E-state index in [1.165, 1.54) is 17.3 Å². The summed E-state index contributed by atoms with van der Waals surface area (Å²) in [6, 6.07) is 8.44. The van der Waals surface area contributed by atoms with Gasteiger partial charge in [0.25, 0.3) is 5.91 Å². The second-order valence-electron chi connectivity index (χ2n) is 6.49. The minimum atomic E-state index is -1.13. The molecule has 2 amide bonds. The number of carbonyl (C=O) groups excluding carboxylic acids is 2. The Kier molecular flexibility index (Phi) is 5.76. The van der Waals surface area contributed by atoms with Crippen molar-refractivity contribution in [2.75, 3.05) is 11.1 Å². The maximum atomic E-state index is 12.7. The van der Waals surface area contributed by atoms with E-state index < -0.39 is 11.6 Å². The van der Waals surface area contributed by atoms with Crippen molar-refractivity contribution >= 4 is 47.2 Å². The van der Waals surface area contributed by atoms with Crippen LogP contribution in [0.4, 0.5) is 11.6 Å². The van der Waals surface area contributed by atoms with Crippen molar-refractivity contribution in [3.63, 3.8) is 0 Å². The van der Waals surface area contributed by atoms with Gasteiger partial charge in [0, 0.05) is 16.8 Å². The number of halogens is 2. The highest BCUT2D eigenvalue weighted by atomic mass is 35.5. The van der Waals surface area contributed by atoms with Crippen LogP contribution in [0.5, 0.6) is 0 Å². The lowest BCUT2D eigenvalue weighted by molar-refractivity contribution is -0.120. The van der Waals surface area contributed by atoms with Crippen LogP contribution in [0.15, 0.2) is 59.2 Å². The first-order chi connectivity index (χ1) is 13.7. The molecule has 1 aliphatic rings. The Hall–Kier alpha value is -3.10. The van der Waals surface area contributed by atoms with Gasteiger partial charge in [0.05, 0.1) is 5.03 Å². The number of nitrogens with two attached hydrogens (primary N) is 1. The smallest absolute Gasteiger partial charge is 0.271 e. The van der Waals surface area contributed by atoms with Crippen molar-refractivity contribution in [1.29, 1.82) is 0 Å². The van der Waals surface area contributed by atoms with Gasteiger partial charge in [-0.3, -0.25) is 14.5 Å². The van der Waals surface area contributed by atoms with Crippen LogP contribution < -0.4 is 16.4 Å². The summed E-state index contributed by atoms with van der Waals surface area (Å²) >= 11 is 12.5. The number of amides is 2. The molecule has 0 bridgehead atoms. The average molecular weight is 433 g/mol. The van der Waals surface area contributed by atoms with Crippen molar-refractivity contribution in [3.05, 3.63) is 69.7 Å². The Morgan fingerprint density at radius 3 is 2.76 bits per heavy atom. The number of allylic oxidation sites excluding steroid dienone is 3. The van der Waals surface area contributed by atoms with Crippen LogP contribution in [0.3, 0.4) is 0 Å². The van der Waals surface area contributed by atoms with Gasteiger partial charge in [-0.1, -0.05) is 35.3 Å². The molecule has 10 heteroatoms. The number of rotatable bonds is 5. The van der Waals surface area contributed by atoms with Crippen LogP contribution in [0.2, 0.25) is 5.02 Å². The summed E-state index contributed by atoms with van der Waals surface area (Å²) in [5, 5.41) is 6.36. The van der Waals surface area contributed by atoms with Gasteiger partial charge in [0.2, 0.25) is 6.41 Å². The number of nitrogens with one attached hydrogen (secondary N) is 2. The molecule has 1 fully saturated rings. The molecule has 2 heterocycles. The van der Waals surface area contributed by atoms with Gasteiger partial charge in [-0.15, -0.1) is 0 Å². The number of benzene rings is 1. The fourth-order valence-corrected chi connectivity index (χ4v) is 3.53. The number of hydrogen-bond acceptors (Lipinski definition) is 6. The SMILES string of the molecule is C/C(=C\C(Cl)=C1\C(=O)NC(C)(c2cccc(Cl)c2)N1C=O)Nc1cc(N)ncn1. The summed E-state index contributed by atoms with van der Waals surface area (Å²) in [6.45, 7) is 3.43. The Bertz CT molecular complexity index is 1040. The van der Waals surface area contributed by atoms with Gasteiger partial charge in [-0.25, -0.2) is 9.97 Å². The number of aromatic nitrogens is 2. The fraction of sp³-hybridized carbons (Fsp3) is 0.158. The van der Waals surface area contributed by atoms with Crippen LogP contribution in [-0.2, 0) is 15.3 Å². The molecule has 29 heavy (non-hydrogen) atoms. The van der Waals surface area contributed by atoms with Crippen LogP contribution in [0.1, 0.15) is 19.4 Å². The largest absolute Gasteiger partial charge is 0.384 e. The minimum absolute atomic E-state index is 0.0208. The van der Waals surface area contributed by atoms with Gasteiger partial charge in [-0.05, 0) is 37.6 Å². The molecule has 2 aromatic rings. The number of carbonyl (C=O) groups is 2. The first kappa shape index (κ1) is 20.6. The summed E-state index contributed by atoms with van der Waals surface area (Å²) in [4.78, 5) is 33.7. The summed E-state index contributed by atoms with van der Waals surface area (Å²) in [5.74, 6) is 0.284. The lowest BCUT2D eigenvalue weighted by Gasteiger charge is -2.32. The topological polar surface area (TPSA) is 113 Å². The van der Waals surface area contributed by atoms with E-state index in [9.17, 15) is 9.59 Å². The molecule has 0 spiro atoms. The van der Waals surface area contributed by atoms with Crippen molar-refractivity contribution < 1.29 is 9.59 Å². The van der Waals surface area contributed by atoms with Crippen molar-refractivity contribution in [3.8, 4) is 0 Å². The van der Waals surface area contributed by atoms with E-state index in [0.717, 1.165) is 0 Å². The number of hydrogen-bond donors (Lipinski definition) is 3. The van der Waals surface area contributed by atoms with Gasteiger partial charge < -0.3 is 16.4 Å². The van der Waals surface area contributed by atoms with Crippen molar-refractivity contribution in [2.24, 2.45) is 0 Å². The van der Waals surface area contributed by atoms with E-state index in [0.29, 0.717) is 34.3 Å². The second-order valence-corrected chi connectivity index (χ2v) is 7.33. The molecular formula is C19H18Cl2N6O2. The normalized spacial score (nSPS) is 21.0. The highest BCUT2D eigenvalue weighted by Gasteiger charge is 2.46. The third-order valence-corrected chi connectivity index (χ3v) is 4.89. The van der Waals surface area contributed by atoms with Gasteiger partial charge in [-0.2, -0.15) is 0 Å². The lowest BCUT2D eigenvalue weighted by Crippen LogP contribution is -2.45. The standard InChI is InChI=1S/C19H18Cl2N6O2/c1-11(25-16-8-15(22)23-9-24-16)6-14(21)17-18(29)26-19(2,27(17)10-28)12-4-3-5-13(20)7-12/h3-10H,1-2H3,(H,26,29)(H3,22,23,24,25)/b11-6+,17-14+. The van der Waals surface area contributed by atoms with Gasteiger partial charge in [0.1, 0.15) is 29.3 Å². The Balaban J connectivity index is 1.96. The van der Waals surface area contributed by atoms with E-state index in [4.69, 9.17) is 28.9 Å². The predicted molar refractivity (Wildman–Crippen MR) is 112 cm³/mol. The Morgan fingerprint density at radius 2 is 2.10 bits per heavy atom. The molecule has 0 saturated carbocycles. The van der Waals surface area contributed by atoms with Crippen LogP contribution >= 0.6 is 23.2 Å². The molecular weight excluding hydrogens is 415 g/mol. The molecule has 0 aliphatic carbocycles. The maximum absolute atomic E-state index is 12.7. The average Bonchev–Trinajstić information content (AvgIpc) is 2.92. The molecule has 0 radical (unpaired) electrons. The first-order valence-corrected chi connectivity index (χ1v) is 9.26. The molecule has 1 unspecified atom stereocenters. The molecule has 4 N–H and O–H groups in total. The zero-order valence-corrected chi connectivity index (χ0v) is 17.1. The summed E-state index contributed by atoms with van der Waals surface area (Å²) in [6.07, 6.45) is 3.40. The summed E-state index contributed by atoms with van der Waals surface area (Å²) in [7, 11) is 0. The van der Waals surface area contributed by atoms with Crippen molar-refractivity contribution in [2.45, 2.75) is 19.5 Å². The predicted octanol–water partition coefficient (Wildman–Crippen LogP) is 2.94. The Morgan fingerprint density at radius 1 is 1.34 bits per heavy atom. The number of anilines is 2. The van der Waals surface area contributed by atoms with Crippen LogP contribution in [0, 0.1) is 0 Å². The summed E-state index contributed by atoms with van der Waals surface area (Å²) in [5.41, 5.74) is 5.74. The first-order valence-electron chi connectivity index (χ1n) is 8.50. The molecule has 1 aliphatic heterocycles. The molecule has 1 atom stereocenters. The minimum Gasteiger partial charge on any atom is -0.384 e. The quantitative estimate of drug-likeness (QED) is 0.494. The Labute approximate surface area is 177 Å². The third kappa shape index (κ3) is 4.18. The van der Waals surface area contributed by atoms with Gasteiger partial charge in [0.15, 0.2) is 0 Å². The molecule has 1 aromatic carbocycles. The van der Waals surface area contributed by atoms with Crippen LogP contribution in [-0.4, -0.2) is 27.2 Å². The summed E-state index contributed by atoms with van der Waals surface area (Å²) < 4.78 is 0. The maximum Gasteiger partial charge on any atom is 0.271 e. The molecule has 3 rings (SSSR count). The molecule has 150 valence electrons. The van der Waals surface area contributed by atoms with E-state index in [-0.39, 0.29) is 10.7 Å². The zero-order valence-electron chi connectivity index (χ0n) is 15.6. The van der Waals surface area contributed by atoms with E-state index in [1.807, 2.05) is 0 Å². The second kappa shape index (κ2) is 8.10. The third-order valence-electron chi connectivity index (χ3n) is 4.37. The van der Waals surface area contributed by atoms with E-state index in [2.05, 4.69) is 20.6 Å². The lowest BCUT2D eigenvalue weighted by atomic mass is 10.0. The highest BCUT2D eigenvalue weighted by molar-refractivity contribution is 6.34. The number of nitrogen functional groups attached to an aromatic ring is 1. The van der Waals surface area contributed by atoms with Gasteiger partial charge >= 0.3 is 0 Å². The fourth-order valence-electron chi connectivity index (χ4n) is 2.99. The van der Waals surface area contributed by atoms with Crippen LogP contribution in [0.25, 0.3) is 0 Å². The zero-order chi connectivity index (χ0) is 21.2. The monoisotopic (exact) mass is 432 g/mol. The van der Waals surface area contributed by atoms with E-state index >= 15 is 0 Å². The molecule has 1 aromatic heterocycles. The molecule has 1 saturated heterocycles.